The zero-order valence-electron chi connectivity index (χ0n) is 13.1. The fraction of sp³-hybridized carbons (Fsp3) is 0.800. The van der Waals surface area contributed by atoms with Gasteiger partial charge in [0, 0.05) is 5.92 Å². The summed E-state index contributed by atoms with van der Waals surface area (Å²) >= 11 is 0. The van der Waals surface area contributed by atoms with Crippen LogP contribution in [-0.2, 0) is 14.4 Å². The van der Waals surface area contributed by atoms with Crippen molar-refractivity contribution in [3.63, 3.8) is 0 Å². The molecule has 0 bridgehead atoms. The second kappa shape index (κ2) is 9.95. The van der Waals surface area contributed by atoms with E-state index < -0.39 is 5.66 Å². The monoisotopic (exact) mass is 293 g/mol. The summed E-state index contributed by atoms with van der Waals surface area (Å²) in [5.74, 6) is 0.763. The van der Waals surface area contributed by atoms with Gasteiger partial charge in [-0.1, -0.05) is 40.5 Å². The molecule has 0 amide bonds. The fourth-order valence-corrected chi connectivity index (χ4v) is 2.31. The van der Waals surface area contributed by atoms with Gasteiger partial charge in [0.05, 0.1) is 6.54 Å². The average Bonchev–Trinajstić information content (AvgIpc) is 2.43. The first-order valence-corrected chi connectivity index (χ1v) is 7.13. The Labute approximate surface area is 125 Å². The van der Waals surface area contributed by atoms with Gasteiger partial charge in [-0.3, -0.25) is 0 Å². The Morgan fingerprint density at radius 2 is 1.48 bits per heavy atom. The molecule has 6 nitrogen and oxygen atoms in total. The molecule has 0 aromatic heterocycles. The summed E-state index contributed by atoms with van der Waals surface area (Å²) in [5, 5.41) is 0. The summed E-state index contributed by atoms with van der Waals surface area (Å²) in [6, 6.07) is 0. The molecular weight excluding hydrogens is 270 g/mol. The Kier molecular flexibility index (Phi) is 9.07. The van der Waals surface area contributed by atoms with Crippen LogP contribution in [0.25, 0.3) is 0 Å². The summed E-state index contributed by atoms with van der Waals surface area (Å²) < 4.78 is 0. The van der Waals surface area contributed by atoms with Gasteiger partial charge in [0.15, 0.2) is 5.66 Å². The maximum Gasteiger partial charge on any atom is 0.237 e. The van der Waals surface area contributed by atoms with Crippen LogP contribution in [0, 0.1) is 17.8 Å². The molecule has 0 aliphatic heterocycles. The number of isocyanates is 3. The van der Waals surface area contributed by atoms with Gasteiger partial charge in [-0.2, -0.15) is 9.98 Å². The maximum absolute atomic E-state index is 10.6. The van der Waals surface area contributed by atoms with Crippen LogP contribution in [0.15, 0.2) is 15.0 Å². The van der Waals surface area contributed by atoms with Gasteiger partial charge in [-0.25, -0.2) is 19.4 Å². The smallest absolute Gasteiger partial charge is 0.211 e. The summed E-state index contributed by atoms with van der Waals surface area (Å²) in [6.07, 6.45) is 7.06. The van der Waals surface area contributed by atoms with E-state index in [1.807, 2.05) is 6.92 Å². The molecular formula is C15H23N3O3. The van der Waals surface area contributed by atoms with Crippen LogP contribution in [0.3, 0.4) is 0 Å². The van der Waals surface area contributed by atoms with E-state index in [1.165, 1.54) is 18.2 Å². The minimum Gasteiger partial charge on any atom is -0.211 e. The van der Waals surface area contributed by atoms with Crippen molar-refractivity contribution in [2.75, 3.05) is 6.54 Å². The predicted octanol–water partition coefficient (Wildman–Crippen LogP) is 2.79. The van der Waals surface area contributed by atoms with Gasteiger partial charge in [0.1, 0.15) is 0 Å². The van der Waals surface area contributed by atoms with Crippen molar-refractivity contribution in [3.8, 4) is 0 Å². The molecule has 21 heavy (non-hydrogen) atoms. The summed E-state index contributed by atoms with van der Waals surface area (Å²) in [4.78, 5) is 42.3. The first kappa shape index (κ1) is 19.1. The molecule has 0 spiro atoms. The molecule has 0 aromatic carbocycles. The van der Waals surface area contributed by atoms with Gasteiger partial charge in [0.2, 0.25) is 18.2 Å². The molecule has 0 saturated carbocycles. The van der Waals surface area contributed by atoms with Crippen molar-refractivity contribution in [1.82, 2.24) is 0 Å². The van der Waals surface area contributed by atoms with Crippen molar-refractivity contribution in [3.05, 3.63) is 0 Å². The van der Waals surface area contributed by atoms with Crippen molar-refractivity contribution in [2.45, 2.75) is 52.6 Å². The van der Waals surface area contributed by atoms with E-state index in [1.54, 1.807) is 0 Å². The molecule has 0 heterocycles. The first-order chi connectivity index (χ1) is 9.91. The van der Waals surface area contributed by atoms with E-state index in [-0.39, 0.29) is 12.5 Å². The Bertz CT molecular complexity index is 439. The minimum atomic E-state index is -1.40. The number of hydrogen-bond donors (Lipinski definition) is 0. The molecule has 0 aliphatic carbocycles. The molecule has 2 unspecified atom stereocenters. The van der Waals surface area contributed by atoms with Crippen molar-refractivity contribution in [2.24, 2.45) is 32.7 Å². The zero-order valence-corrected chi connectivity index (χ0v) is 13.1. The minimum absolute atomic E-state index is 0.195. The van der Waals surface area contributed by atoms with Crippen molar-refractivity contribution in [1.29, 1.82) is 0 Å². The molecule has 0 fully saturated rings. The highest BCUT2D eigenvalue weighted by Gasteiger charge is 2.37. The van der Waals surface area contributed by atoms with Crippen LogP contribution in [0.5, 0.6) is 0 Å². The Balaban J connectivity index is 5.08. The van der Waals surface area contributed by atoms with Crippen molar-refractivity contribution >= 4 is 18.2 Å². The van der Waals surface area contributed by atoms with E-state index >= 15 is 0 Å². The van der Waals surface area contributed by atoms with Gasteiger partial charge >= 0.3 is 0 Å². The number of aliphatic imine (C=N–C) groups is 3. The SMILES string of the molecule is CC(C)CCC(C)CC(C)C(CN=C=O)(N=C=O)N=C=O. The predicted molar refractivity (Wildman–Crippen MR) is 79.0 cm³/mol. The van der Waals surface area contributed by atoms with Crippen LogP contribution in [0.1, 0.15) is 47.0 Å². The average molecular weight is 293 g/mol. The third-order valence-electron chi connectivity index (χ3n) is 3.64. The lowest BCUT2D eigenvalue weighted by Crippen LogP contribution is -2.36. The molecule has 0 aromatic rings. The van der Waals surface area contributed by atoms with Crippen LogP contribution in [-0.4, -0.2) is 30.4 Å². The standard InChI is InChI=1S/C15H23N3O3/c1-12(2)5-6-13(3)7-14(4)15(17-10-20,18-11-21)8-16-9-19/h12-14H,5-8H2,1-4H3. The highest BCUT2D eigenvalue weighted by atomic mass is 16.1. The van der Waals surface area contributed by atoms with Gasteiger partial charge < -0.3 is 0 Å². The molecule has 2 atom stereocenters. The summed E-state index contributed by atoms with van der Waals surface area (Å²) in [5.41, 5.74) is -1.40. The molecule has 0 aliphatic rings. The molecule has 0 N–H and O–H groups in total. The number of hydrogen-bond acceptors (Lipinski definition) is 6. The Hall–Kier alpha value is -1.86. The second-order valence-corrected chi connectivity index (χ2v) is 5.91. The summed E-state index contributed by atoms with van der Waals surface area (Å²) in [6.45, 7) is 8.05. The zero-order chi connectivity index (χ0) is 16.3. The third-order valence-corrected chi connectivity index (χ3v) is 3.64. The largest absolute Gasteiger partial charge is 0.237 e. The molecule has 0 saturated heterocycles. The number of nitrogens with zero attached hydrogens (tertiary/aromatic N) is 3. The lowest BCUT2D eigenvalue weighted by Gasteiger charge is -2.29. The normalized spacial score (nSPS) is 15.9. The maximum atomic E-state index is 10.6. The molecule has 116 valence electrons. The van der Waals surface area contributed by atoms with Crippen LogP contribution in [0.4, 0.5) is 0 Å². The molecule has 0 rings (SSSR count). The molecule has 0 radical (unpaired) electrons. The fourth-order valence-electron chi connectivity index (χ4n) is 2.31. The lowest BCUT2D eigenvalue weighted by atomic mass is 9.84. The van der Waals surface area contributed by atoms with Crippen molar-refractivity contribution < 1.29 is 14.4 Å². The van der Waals surface area contributed by atoms with E-state index in [0.717, 1.165) is 12.8 Å². The van der Waals surface area contributed by atoms with E-state index in [9.17, 15) is 14.4 Å². The van der Waals surface area contributed by atoms with Gasteiger partial charge in [0.25, 0.3) is 0 Å². The van der Waals surface area contributed by atoms with Crippen LogP contribution < -0.4 is 0 Å². The van der Waals surface area contributed by atoms with E-state index in [4.69, 9.17) is 0 Å². The lowest BCUT2D eigenvalue weighted by molar-refractivity contribution is 0.252. The second-order valence-electron chi connectivity index (χ2n) is 5.91. The summed E-state index contributed by atoms with van der Waals surface area (Å²) in [7, 11) is 0. The Morgan fingerprint density at radius 1 is 0.905 bits per heavy atom. The topological polar surface area (TPSA) is 88.3 Å². The molecule has 6 heteroatoms. The number of rotatable bonds is 10. The Morgan fingerprint density at radius 3 is 1.90 bits per heavy atom. The van der Waals surface area contributed by atoms with Gasteiger partial charge in [-0.15, -0.1) is 0 Å². The highest BCUT2D eigenvalue weighted by molar-refractivity contribution is 5.40. The van der Waals surface area contributed by atoms with Crippen LogP contribution >= 0.6 is 0 Å². The van der Waals surface area contributed by atoms with Gasteiger partial charge in [-0.05, 0) is 18.3 Å². The van der Waals surface area contributed by atoms with E-state index in [2.05, 4.69) is 35.7 Å². The highest BCUT2D eigenvalue weighted by Crippen LogP contribution is 2.31. The quantitative estimate of drug-likeness (QED) is 0.458. The first-order valence-electron chi connectivity index (χ1n) is 7.13. The third kappa shape index (κ3) is 6.92. The van der Waals surface area contributed by atoms with E-state index in [0.29, 0.717) is 18.3 Å². The number of carbonyl (C=O) groups excluding carboxylic acids is 3. The van der Waals surface area contributed by atoms with Crippen LogP contribution in [0.2, 0.25) is 0 Å².